The van der Waals surface area contributed by atoms with Gasteiger partial charge in [-0.05, 0) is 16.3 Å². The summed E-state index contributed by atoms with van der Waals surface area (Å²) < 4.78 is 0. The van der Waals surface area contributed by atoms with Gasteiger partial charge in [-0.2, -0.15) is 0 Å². The summed E-state index contributed by atoms with van der Waals surface area (Å²) in [5.74, 6) is -0.965. The molecule has 0 amide bonds. The van der Waals surface area contributed by atoms with E-state index in [0.29, 0.717) is 0 Å². The molecule has 0 unspecified atom stereocenters. The lowest BCUT2D eigenvalue weighted by Crippen LogP contribution is -2.17. The zero-order valence-corrected chi connectivity index (χ0v) is 13.7. The van der Waals surface area contributed by atoms with Gasteiger partial charge in [-0.1, -0.05) is 42.5 Å². The first-order valence-corrected chi connectivity index (χ1v) is 8.46. The van der Waals surface area contributed by atoms with Gasteiger partial charge in [0.25, 0.3) is 0 Å². The number of allylic oxidation sites excluding steroid dienone is 4. The maximum absolute atomic E-state index is 12.5. The molecule has 4 rings (SSSR count). The van der Waals surface area contributed by atoms with Gasteiger partial charge in [0, 0.05) is 42.7 Å². The van der Waals surface area contributed by atoms with Crippen molar-refractivity contribution >= 4 is 22.3 Å². The molecule has 126 valence electrons. The average Bonchev–Trinajstić information content (AvgIpc) is 3.12. The third kappa shape index (κ3) is 2.45. The Morgan fingerprint density at radius 3 is 1.84 bits per heavy atom. The molecule has 4 heteroatoms. The standard InChI is InChI=1S/C21H18O4/c22-15-8-9-16(23)20(15)19(21-17(24)10-11-18(21)25)14-7-3-5-12-4-1-2-6-13(12)14/h1-7,19,22,24H,8-11H2. The zero-order chi connectivity index (χ0) is 17.6. The van der Waals surface area contributed by atoms with Crippen molar-refractivity contribution in [3.63, 3.8) is 0 Å². The van der Waals surface area contributed by atoms with Crippen molar-refractivity contribution in [3.05, 3.63) is 70.7 Å². The molecule has 0 saturated carbocycles. The number of hydrogen-bond donors (Lipinski definition) is 2. The van der Waals surface area contributed by atoms with Crippen molar-refractivity contribution in [1.29, 1.82) is 0 Å². The minimum Gasteiger partial charge on any atom is -0.512 e. The molecule has 0 spiro atoms. The molecule has 2 N–H and O–H groups in total. The highest BCUT2D eigenvalue weighted by Gasteiger charge is 2.39. The topological polar surface area (TPSA) is 74.6 Å². The first kappa shape index (κ1) is 15.6. The molecule has 2 aromatic rings. The highest BCUT2D eigenvalue weighted by atomic mass is 16.3. The van der Waals surface area contributed by atoms with Gasteiger partial charge in [-0.3, -0.25) is 9.59 Å². The van der Waals surface area contributed by atoms with E-state index in [0.717, 1.165) is 16.3 Å². The summed E-state index contributed by atoms with van der Waals surface area (Å²) in [5.41, 5.74) is 1.29. The Morgan fingerprint density at radius 2 is 1.28 bits per heavy atom. The quantitative estimate of drug-likeness (QED) is 0.879. The average molecular weight is 334 g/mol. The largest absolute Gasteiger partial charge is 0.512 e. The molecular weight excluding hydrogens is 316 g/mol. The van der Waals surface area contributed by atoms with Crippen LogP contribution in [-0.4, -0.2) is 21.8 Å². The van der Waals surface area contributed by atoms with Crippen molar-refractivity contribution in [1.82, 2.24) is 0 Å². The van der Waals surface area contributed by atoms with Crippen molar-refractivity contribution < 1.29 is 19.8 Å². The van der Waals surface area contributed by atoms with Gasteiger partial charge in [0.15, 0.2) is 11.6 Å². The summed E-state index contributed by atoms with van der Waals surface area (Å²) in [6, 6.07) is 13.4. The predicted molar refractivity (Wildman–Crippen MR) is 94.5 cm³/mol. The lowest BCUT2D eigenvalue weighted by atomic mass is 9.80. The highest BCUT2D eigenvalue weighted by Crippen LogP contribution is 2.44. The van der Waals surface area contributed by atoms with Gasteiger partial charge in [-0.15, -0.1) is 0 Å². The van der Waals surface area contributed by atoms with Crippen LogP contribution in [0.2, 0.25) is 0 Å². The fourth-order valence-electron chi connectivity index (χ4n) is 3.94. The van der Waals surface area contributed by atoms with E-state index in [9.17, 15) is 19.8 Å². The summed E-state index contributed by atoms with van der Waals surface area (Å²) in [6.45, 7) is 0. The minimum atomic E-state index is -0.712. The first-order valence-electron chi connectivity index (χ1n) is 8.46. The van der Waals surface area contributed by atoms with Gasteiger partial charge in [0.05, 0.1) is 0 Å². The molecular formula is C21H18O4. The van der Waals surface area contributed by atoms with Crippen LogP contribution in [0.4, 0.5) is 0 Å². The number of rotatable bonds is 3. The fourth-order valence-corrected chi connectivity index (χ4v) is 3.94. The molecule has 0 saturated heterocycles. The molecule has 0 aromatic heterocycles. The summed E-state index contributed by atoms with van der Waals surface area (Å²) in [4.78, 5) is 24.9. The second-order valence-electron chi connectivity index (χ2n) is 6.57. The van der Waals surface area contributed by atoms with E-state index < -0.39 is 5.92 Å². The molecule has 2 aromatic carbocycles. The molecule has 0 heterocycles. The Balaban J connectivity index is 2.02. The van der Waals surface area contributed by atoms with Gasteiger partial charge in [0.1, 0.15) is 11.5 Å². The van der Waals surface area contributed by atoms with Gasteiger partial charge in [-0.25, -0.2) is 0 Å². The number of carbonyl (C=O) groups excluding carboxylic acids is 2. The summed E-state index contributed by atoms with van der Waals surface area (Å²) in [7, 11) is 0. The van der Waals surface area contributed by atoms with Crippen LogP contribution in [0.1, 0.15) is 37.2 Å². The Bertz CT molecular complexity index is 920. The van der Waals surface area contributed by atoms with Crippen molar-refractivity contribution in [2.75, 3.05) is 0 Å². The lowest BCUT2D eigenvalue weighted by Gasteiger charge is -2.21. The Labute approximate surface area is 145 Å². The zero-order valence-electron chi connectivity index (χ0n) is 13.7. The van der Waals surface area contributed by atoms with E-state index in [1.165, 1.54) is 0 Å². The number of benzene rings is 2. The number of fused-ring (bicyclic) bond motifs is 1. The number of aliphatic hydroxyl groups excluding tert-OH is 2. The Kier molecular flexibility index (Phi) is 3.68. The van der Waals surface area contributed by atoms with Crippen LogP contribution < -0.4 is 0 Å². The third-order valence-electron chi connectivity index (χ3n) is 5.11. The maximum Gasteiger partial charge on any atom is 0.163 e. The maximum atomic E-state index is 12.5. The SMILES string of the molecule is O=C1CCC(O)=C1C(C1=C(O)CCC1=O)c1cccc2ccccc12. The monoisotopic (exact) mass is 334 g/mol. The van der Waals surface area contributed by atoms with Crippen molar-refractivity contribution in [3.8, 4) is 0 Å². The molecule has 2 aliphatic carbocycles. The Hall–Kier alpha value is -2.88. The number of carbonyl (C=O) groups is 2. The molecule has 0 fully saturated rings. The van der Waals surface area contributed by atoms with E-state index in [4.69, 9.17) is 0 Å². The van der Waals surface area contributed by atoms with Gasteiger partial charge >= 0.3 is 0 Å². The summed E-state index contributed by atoms with van der Waals surface area (Å²) in [5, 5.41) is 22.6. The smallest absolute Gasteiger partial charge is 0.163 e. The molecule has 0 bridgehead atoms. The highest BCUT2D eigenvalue weighted by molar-refractivity contribution is 6.07. The number of aliphatic hydroxyl groups is 2. The van der Waals surface area contributed by atoms with Crippen LogP contribution in [0, 0.1) is 0 Å². The number of Topliss-reactive ketones (excluding diaryl/α,β-unsaturated/α-hetero) is 2. The molecule has 4 nitrogen and oxygen atoms in total. The van der Waals surface area contributed by atoms with Crippen LogP contribution in [0.15, 0.2) is 65.1 Å². The molecule has 0 radical (unpaired) electrons. The van der Waals surface area contributed by atoms with Crippen LogP contribution in [0.5, 0.6) is 0 Å². The summed E-state index contributed by atoms with van der Waals surface area (Å²) in [6.07, 6.45) is 1.06. The molecule has 2 aliphatic rings. The second-order valence-corrected chi connectivity index (χ2v) is 6.57. The van der Waals surface area contributed by atoms with Gasteiger partial charge < -0.3 is 10.2 Å². The van der Waals surface area contributed by atoms with E-state index in [-0.39, 0.29) is 59.9 Å². The molecule has 0 aliphatic heterocycles. The van der Waals surface area contributed by atoms with Crippen molar-refractivity contribution in [2.45, 2.75) is 31.6 Å². The van der Waals surface area contributed by atoms with Gasteiger partial charge in [0.2, 0.25) is 0 Å². The number of hydrogen-bond acceptors (Lipinski definition) is 4. The Morgan fingerprint density at radius 1 is 0.720 bits per heavy atom. The van der Waals surface area contributed by atoms with Crippen LogP contribution in [-0.2, 0) is 9.59 Å². The van der Waals surface area contributed by atoms with Crippen LogP contribution >= 0.6 is 0 Å². The van der Waals surface area contributed by atoms with Crippen LogP contribution in [0.3, 0.4) is 0 Å². The lowest BCUT2D eigenvalue weighted by molar-refractivity contribution is -0.115. The van der Waals surface area contributed by atoms with E-state index >= 15 is 0 Å². The minimum absolute atomic E-state index is 0.0305. The fraction of sp³-hybridized carbons (Fsp3) is 0.238. The van der Waals surface area contributed by atoms with Crippen molar-refractivity contribution in [2.24, 2.45) is 0 Å². The third-order valence-corrected chi connectivity index (χ3v) is 5.11. The molecule has 0 atom stereocenters. The normalized spacial score (nSPS) is 18.3. The summed E-state index contributed by atoms with van der Waals surface area (Å²) >= 11 is 0. The van der Waals surface area contributed by atoms with E-state index in [1.54, 1.807) is 0 Å². The molecule has 25 heavy (non-hydrogen) atoms. The predicted octanol–water partition coefficient (Wildman–Crippen LogP) is 4.27. The van der Waals surface area contributed by atoms with Crippen LogP contribution in [0.25, 0.3) is 10.8 Å². The van der Waals surface area contributed by atoms with E-state index in [2.05, 4.69) is 0 Å². The van der Waals surface area contributed by atoms with E-state index in [1.807, 2.05) is 42.5 Å². The number of ketones is 2. The second kappa shape index (κ2) is 5.88. The first-order chi connectivity index (χ1) is 12.1.